The first-order valence-electron chi connectivity index (χ1n) is 7.96. The van der Waals surface area contributed by atoms with Crippen molar-refractivity contribution in [2.75, 3.05) is 10.6 Å². The molecule has 0 aliphatic rings. The fourth-order valence-corrected chi connectivity index (χ4v) is 2.18. The van der Waals surface area contributed by atoms with Gasteiger partial charge in [0.1, 0.15) is 23.1 Å². The lowest BCUT2D eigenvalue weighted by Crippen LogP contribution is -2.06. The Kier molecular flexibility index (Phi) is 5.21. The molecule has 0 spiro atoms. The largest absolute Gasteiger partial charge is 0.491 e. The third-order valence-electron chi connectivity index (χ3n) is 3.26. The number of ether oxygens (including phenoxy) is 1. The molecule has 0 saturated heterocycles. The SMILES string of the molecule is CC(C)Oc1ccc(Nc2cnnc(Nc3c(F)cccc3F)n2)cc1. The van der Waals surface area contributed by atoms with E-state index in [0.29, 0.717) is 5.82 Å². The number of para-hydroxylation sites is 1. The molecule has 0 aliphatic carbocycles. The van der Waals surface area contributed by atoms with E-state index < -0.39 is 11.6 Å². The zero-order valence-corrected chi connectivity index (χ0v) is 14.2. The quantitative estimate of drug-likeness (QED) is 0.680. The molecule has 0 unspecified atom stereocenters. The number of halogens is 2. The molecule has 0 aliphatic heterocycles. The van der Waals surface area contributed by atoms with E-state index in [4.69, 9.17) is 4.74 Å². The molecule has 1 heterocycles. The molecule has 2 N–H and O–H groups in total. The van der Waals surface area contributed by atoms with Gasteiger partial charge in [0.15, 0.2) is 5.82 Å². The number of anilines is 4. The summed E-state index contributed by atoms with van der Waals surface area (Å²) in [4.78, 5) is 4.16. The molecule has 2 aromatic carbocycles. The second-order valence-corrected chi connectivity index (χ2v) is 5.70. The van der Waals surface area contributed by atoms with E-state index in [1.165, 1.54) is 12.3 Å². The van der Waals surface area contributed by atoms with E-state index in [2.05, 4.69) is 25.8 Å². The van der Waals surface area contributed by atoms with Crippen LogP contribution in [0.3, 0.4) is 0 Å². The molecule has 1 aromatic heterocycles. The fraction of sp³-hybridized carbons (Fsp3) is 0.167. The molecule has 3 aromatic rings. The first-order valence-corrected chi connectivity index (χ1v) is 7.96. The highest BCUT2D eigenvalue weighted by Crippen LogP contribution is 2.23. The van der Waals surface area contributed by atoms with Gasteiger partial charge in [-0.05, 0) is 50.2 Å². The van der Waals surface area contributed by atoms with Gasteiger partial charge in [0.2, 0.25) is 5.95 Å². The van der Waals surface area contributed by atoms with Crippen molar-refractivity contribution in [3.05, 3.63) is 60.3 Å². The first kappa shape index (κ1) is 17.5. The van der Waals surface area contributed by atoms with Crippen LogP contribution in [0.15, 0.2) is 48.7 Å². The summed E-state index contributed by atoms with van der Waals surface area (Å²) in [5.74, 6) is -0.389. The number of benzene rings is 2. The van der Waals surface area contributed by atoms with E-state index in [9.17, 15) is 8.78 Å². The number of rotatable bonds is 6. The zero-order chi connectivity index (χ0) is 18.5. The maximum atomic E-state index is 13.7. The van der Waals surface area contributed by atoms with Crippen molar-refractivity contribution in [1.29, 1.82) is 0 Å². The maximum absolute atomic E-state index is 13.7. The summed E-state index contributed by atoms with van der Waals surface area (Å²) >= 11 is 0. The molecule has 8 heteroatoms. The van der Waals surface area contributed by atoms with Gasteiger partial charge in [-0.3, -0.25) is 0 Å². The second-order valence-electron chi connectivity index (χ2n) is 5.70. The van der Waals surface area contributed by atoms with Crippen molar-refractivity contribution in [3.63, 3.8) is 0 Å². The highest BCUT2D eigenvalue weighted by Gasteiger charge is 2.10. The number of hydrogen-bond donors (Lipinski definition) is 2. The van der Waals surface area contributed by atoms with Gasteiger partial charge in [0.25, 0.3) is 0 Å². The number of nitrogens with zero attached hydrogens (tertiary/aromatic N) is 3. The molecule has 134 valence electrons. The first-order chi connectivity index (χ1) is 12.5. The molecule has 0 bridgehead atoms. The van der Waals surface area contributed by atoms with Crippen molar-refractivity contribution in [2.24, 2.45) is 0 Å². The normalized spacial score (nSPS) is 10.7. The number of aromatic nitrogens is 3. The van der Waals surface area contributed by atoms with Gasteiger partial charge >= 0.3 is 0 Å². The van der Waals surface area contributed by atoms with Crippen molar-refractivity contribution in [3.8, 4) is 5.75 Å². The van der Waals surface area contributed by atoms with E-state index >= 15 is 0 Å². The molecule has 0 amide bonds. The standard InChI is InChI=1S/C18H17F2N5O/c1-11(2)26-13-8-6-12(7-9-13)22-16-10-21-25-18(23-16)24-17-14(19)4-3-5-15(17)20/h3-11H,1-2H3,(H2,22,23,24,25). The summed E-state index contributed by atoms with van der Waals surface area (Å²) in [6.07, 6.45) is 1.49. The van der Waals surface area contributed by atoms with Crippen LogP contribution < -0.4 is 15.4 Å². The number of hydrogen-bond acceptors (Lipinski definition) is 6. The topological polar surface area (TPSA) is 72.0 Å². The molecule has 26 heavy (non-hydrogen) atoms. The van der Waals surface area contributed by atoms with Crippen LogP contribution in [-0.4, -0.2) is 21.3 Å². The van der Waals surface area contributed by atoms with Crippen LogP contribution in [-0.2, 0) is 0 Å². The third kappa shape index (κ3) is 4.41. The third-order valence-corrected chi connectivity index (χ3v) is 3.26. The van der Waals surface area contributed by atoms with Crippen LogP contribution in [0, 0.1) is 11.6 Å². The van der Waals surface area contributed by atoms with Gasteiger partial charge in [0, 0.05) is 5.69 Å². The summed E-state index contributed by atoms with van der Waals surface area (Å²) in [6, 6.07) is 10.9. The van der Waals surface area contributed by atoms with Crippen LogP contribution in [0.1, 0.15) is 13.8 Å². The predicted octanol–water partition coefficient (Wildman–Crippen LogP) is 4.42. The Bertz CT molecular complexity index is 867. The lowest BCUT2D eigenvalue weighted by atomic mass is 10.3. The summed E-state index contributed by atoms with van der Waals surface area (Å²) < 4.78 is 33.0. The average Bonchev–Trinajstić information content (AvgIpc) is 2.60. The van der Waals surface area contributed by atoms with Crippen molar-refractivity contribution < 1.29 is 13.5 Å². The van der Waals surface area contributed by atoms with Gasteiger partial charge in [-0.25, -0.2) is 8.78 Å². The van der Waals surface area contributed by atoms with E-state index in [1.807, 2.05) is 38.1 Å². The van der Waals surface area contributed by atoms with E-state index in [0.717, 1.165) is 23.6 Å². The molecule has 0 fully saturated rings. The van der Waals surface area contributed by atoms with Crippen LogP contribution >= 0.6 is 0 Å². The van der Waals surface area contributed by atoms with Gasteiger partial charge < -0.3 is 15.4 Å². The second kappa shape index (κ2) is 7.73. The summed E-state index contributed by atoms with van der Waals surface area (Å²) in [5.41, 5.74) is 0.422. The minimum Gasteiger partial charge on any atom is -0.491 e. The molecular formula is C18H17F2N5O. The van der Waals surface area contributed by atoms with E-state index in [1.54, 1.807) is 0 Å². The van der Waals surface area contributed by atoms with Crippen molar-refractivity contribution in [1.82, 2.24) is 15.2 Å². The van der Waals surface area contributed by atoms with Gasteiger partial charge in [-0.1, -0.05) is 6.07 Å². The molecule has 0 atom stereocenters. The Hall–Kier alpha value is -3.29. The summed E-state index contributed by atoms with van der Waals surface area (Å²) in [5, 5.41) is 13.1. The minimum absolute atomic E-state index is 0.0289. The van der Waals surface area contributed by atoms with Crippen molar-refractivity contribution in [2.45, 2.75) is 20.0 Å². The lowest BCUT2D eigenvalue weighted by Gasteiger charge is -2.11. The van der Waals surface area contributed by atoms with Gasteiger partial charge in [0.05, 0.1) is 12.3 Å². The highest BCUT2D eigenvalue weighted by atomic mass is 19.1. The molecule has 6 nitrogen and oxygen atoms in total. The molecule has 0 saturated carbocycles. The summed E-state index contributed by atoms with van der Waals surface area (Å²) in [7, 11) is 0. The van der Waals surface area contributed by atoms with Gasteiger partial charge in [-0.15, -0.1) is 5.10 Å². The minimum atomic E-state index is -0.743. The highest BCUT2D eigenvalue weighted by molar-refractivity contribution is 5.59. The van der Waals surface area contributed by atoms with Crippen molar-refractivity contribution >= 4 is 23.1 Å². The maximum Gasteiger partial charge on any atom is 0.249 e. The molecular weight excluding hydrogens is 340 g/mol. The summed E-state index contributed by atoms with van der Waals surface area (Å²) in [6.45, 7) is 3.90. The Labute approximate surface area is 149 Å². The van der Waals surface area contributed by atoms with E-state index in [-0.39, 0.29) is 17.7 Å². The lowest BCUT2D eigenvalue weighted by molar-refractivity contribution is 0.242. The Morgan fingerprint density at radius 2 is 1.65 bits per heavy atom. The Balaban J connectivity index is 1.73. The smallest absolute Gasteiger partial charge is 0.249 e. The van der Waals surface area contributed by atoms with Crippen LogP contribution in [0.2, 0.25) is 0 Å². The zero-order valence-electron chi connectivity index (χ0n) is 14.2. The van der Waals surface area contributed by atoms with Crippen LogP contribution in [0.4, 0.5) is 31.9 Å². The molecule has 3 rings (SSSR count). The average molecular weight is 357 g/mol. The monoisotopic (exact) mass is 357 g/mol. The Morgan fingerprint density at radius 1 is 0.962 bits per heavy atom. The van der Waals surface area contributed by atoms with Crippen LogP contribution in [0.5, 0.6) is 5.75 Å². The number of nitrogens with one attached hydrogen (secondary N) is 2. The molecule has 0 radical (unpaired) electrons. The fourth-order valence-electron chi connectivity index (χ4n) is 2.18. The van der Waals surface area contributed by atoms with Crippen LogP contribution in [0.25, 0.3) is 0 Å². The predicted molar refractivity (Wildman–Crippen MR) is 95.0 cm³/mol. The van der Waals surface area contributed by atoms with Gasteiger partial charge in [-0.2, -0.15) is 10.1 Å². The Morgan fingerprint density at radius 3 is 2.31 bits per heavy atom.